The molecule has 3 N–H and O–H groups in total. The highest BCUT2D eigenvalue weighted by atomic mass is 16.5. The number of rotatable bonds is 5. The number of anilines is 2. The van der Waals surface area contributed by atoms with Gasteiger partial charge in [0.2, 0.25) is 0 Å². The zero-order valence-electron chi connectivity index (χ0n) is 9.64. The van der Waals surface area contributed by atoms with E-state index in [2.05, 4.69) is 10.3 Å². The van der Waals surface area contributed by atoms with E-state index in [0.29, 0.717) is 19.2 Å². The Morgan fingerprint density at radius 1 is 1.35 bits per heavy atom. The Bertz CT molecular complexity index is 465. The van der Waals surface area contributed by atoms with Crippen LogP contribution in [0.5, 0.6) is 5.75 Å². The summed E-state index contributed by atoms with van der Waals surface area (Å²) in [4.78, 5) is 4.15. The first-order valence-corrected chi connectivity index (χ1v) is 5.46. The summed E-state index contributed by atoms with van der Waals surface area (Å²) in [6, 6.07) is 8.01. The molecule has 0 aliphatic carbocycles. The maximum Gasteiger partial charge on any atom is 0.299 e. The third kappa shape index (κ3) is 2.98. The van der Waals surface area contributed by atoms with Gasteiger partial charge in [0.1, 0.15) is 12.0 Å². The minimum absolute atomic E-state index is 0.370. The average molecular weight is 233 g/mol. The second kappa shape index (κ2) is 5.36. The first-order chi connectivity index (χ1) is 8.31. The Hall–Kier alpha value is -2.01. The molecule has 2 rings (SSSR count). The van der Waals surface area contributed by atoms with Gasteiger partial charge in [-0.25, -0.2) is 0 Å². The van der Waals surface area contributed by atoms with Crippen molar-refractivity contribution in [3.05, 3.63) is 36.2 Å². The summed E-state index contributed by atoms with van der Waals surface area (Å²) >= 11 is 0. The Labute approximate surface area is 99.6 Å². The first-order valence-electron chi connectivity index (χ1n) is 5.46. The van der Waals surface area contributed by atoms with E-state index in [1.807, 2.05) is 31.2 Å². The van der Waals surface area contributed by atoms with Crippen molar-refractivity contribution in [2.24, 2.45) is 5.73 Å². The summed E-state index contributed by atoms with van der Waals surface area (Å²) in [6.07, 6.45) is 1.54. The van der Waals surface area contributed by atoms with Crippen molar-refractivity contribution in [2.45, 2.75) is 13.5 Å². The van der Waals surface area contributed by atoms with E-state index in [4.69, 9.17) is 14.9 Å². The van der Waals surface area contributed by atoms with Crippen molar-refractivity contribution in [2.75, 3.05) is 11.9 Å². The summed E-state index contributed by atoms with van der Waals surface area (Å²) < 4.78 is 10.6. The van der Waals surface area contributed by atoms with Crippen molar-refractivity contribution in [1.82, 2.24) is 4.98 Å². The summed E-state index contributed by atoms with van der Waals surface area (Å²) in [6.45, 7) is 2.98. The van der Waals surface area contributed by atoms with Gasteiger partial charge in [-0.05, 0) is 31.2 Å². The van der Waals surface area contributed by atoms with Crippen LogP contribution in [0.1, 0.15) is 12.6 Å². The zero-order valence-corrected chi connectivity index (χ0v) is 9.64. The number of oxazole rings is 1. The molecule has 0 bridgehead atoms. The lowest BCUT2D eigenvalue weighted by molar-refractivity contribution is 0.340. The van der Waals surface area contributed by atoms with E-state index in [0.717, 1.165) is 17.1 Å². The van der Waals surface area contributed by atoms with E-state index in [1.54, 1.807) is 0 Å². The van der Waals surface area contributed by atoms with Crippen molar-refractivity contribution in [3.63, 3.8) is 0 Å². The van der Waals surface area contributed by atoms with Crippen LogP contribution in [-0.2, 0) is 6.54 Å². The molecule has 17 heavy (non-hydrogen) atoms. The maximum absolute atomic E-state index is 5.44. The minimum Gasteiger partial charge on any atom is -0.494 e. The van der Waals surface area contributed by atoms with Gasteiger partial charge in [-0.1, -0.05) is 0 Å². The van der Waals surface area contributed by atoms with Crippen LogP contribution >= 0.6 is 0 Å². The molecule has 0 fully saturated rings. The van der Waals surface area contributed by atoms with E-state index < -0.39 is 0 Å². The molecule has 2 aromatic rings. The van der Waals surface area contributed by atoms with E-state index in [9.17, 15) is 0 Å². The van der Waals surface area contributed by atoms with Crippen LogP contribution in [-0.4, -0.2) is 11.6 Å². The van der Waals surface area contributed by atoms with Gasteiger partial charge in [-0.2, -0.15) is 4.98 Å². The van der Waals surface area contributed by atoms with Gasteiger partial charge >= 0.3 is 0 Å². The van der Waals surface area contributed by atoms with E-state index in [-0.39, 0.29) is 0 Å². The summed E-state index contributed by atoms with van der Waals surface area (Å²) in [5, 5.41) is 3.04. The molecule has 90 valence electrons. The molecule has 0 spiro atoms. The molecule has 0 aliphatic heterocycles. The second-order valence-corrected chi connectivity index (χ2v) is 3.43. The fourth-order valence-corrected chi connectivity index (χ4v) is 1.38. The van der Waals surface area contributed by atoms with Crippen LogP contribution in [0.25, 0.3) is 0 Å². The number of nitrogens with one attached hydrogen (secondary N) is 1. The van der Waals surface area contributed by atoms with Gasteiger partial charge in [0.15, 0.2) is 0 Å². The monoisotopic (exact) mass is 233 g/mol. The second-order valence-electron chi connectivity index (χ2n) is 3.43. The quantitative estimate of drug-likeness (QED) is 0.828. The number of aromatic nitrogens is 1. The van der Waals surface area contributed by atoms with Gasteiger partial charge in [0, 0.05) is 12.2 Å². The van der Waals surface area contributed by atoms with Crippen LogP contribution in [0.4, 0.5) is 11.7 Å². The van der Waals surface area contributed by atoms with E-state index in [1.165, 1.54) is 6.26 Å². The number of hydrogen-bond donors (Lipinski definition) is 2. The fourth-order valence-electron chi connectivity index (χ4n) is 1.38. The van der Waals surface area contributed by atoms with Crippen molar-refractivity contribution < 1.29 is 9.15 Å². The van der Waals surface area contributed by atoms with Crippen LogP contribution < -0.4 is 15.8 Å². The molecule has 0 aliphatic rings. The molecule has 0 unspecified atom stereocenters. The summed E-state index contributed by atoms with van der Waals surface area (Å²) in [7, 11) is 0. The predicted octanol–water partition coefficient (Wildman–Crippen LogP) is 2.28. The van der Waals surface area contributed by atoms with Gasteiger partial charge in [-0.3, -0.25) is 0 Å². The smallest absolute Gasteiger partial charge is 0.299 e. The third-order valence-corrected chi connectivity index (χ3v) is 2.18. The predicted molar refractivity (Wildman–Crippen MR) is 65.3 cm³/mol. The van der Waals surface area contributed by atoms with Gasteiger partial charge < -0.3 is 20.2 Å². The number of hydrogen-bond acceptors (Lipinski definition) is 5. The first kappa shape index (κ1) is 11.5. The van der Waals surface area contributed by atoms with E-state index >= 15 is 0 Å². The standard InChI is InChI=1S/C12H15N3O2/c1-2-16-11-5-3-9(4-6-11)14-12-15-10(7-13)8-17-12/h3-6,8H,2,7,13H2,1H3,(H,14,15). The lowest BCUT2D eigenvalue weighted by Crippen LogP contribution is -1.97. The Morgan fingerprint density at radius 2 is 2.12 bits per heavy atom. The van der Waals surface area contributed by atoms with Crippen LogP contribution in [0.15, 0.2) is 34.9 Å². The number of nitrogens with two attached hydrogens (primary N) is 1. The highest BCUT2D eigenvalue weighted by molar-refractivity contribution is 5.53. The molecule has 0 atom stereocenters. The molecule has 5 nitrogen and oxygen atoms in total. The summed E-state index contributed by atoms with van der Waals surface area (Å²) in [5.74, 6) is 0.841. The lowest BCUT2D eigenvalue weighted by Gasteiger charge is -2.04. The molecule has 1 aromatic carbocycles. The molecule has 5 heteroatoms. The Balaban J connectivity index is 2.03. The fraction of sp³-hybridized carbons (Fsp3) is 0.250. The number of ether oxygens (including phenoxy) is 1. The van der Waals surface area contributed by atoms with Crippen molar-refractivity contribution >= 4 is 11.7 Å². The largest absolute Gasteiger partial charge is 0.494 e. The molecule has 1 aromatic heterocycles. The Morgan fingerprint density at radius 3 is 2.71 bits per heavy atom. The molecule has 0 radical (unpaired) electrons. The molecule has 0 amide bonds. The SMILES string of the molecule is CCOc1ccc(Nc2nc(CN)co2)cc1. The Kier molecular flexibility index (Phi) is 3.62. The van der Waals surface area contributed by atoms with Crippen LogP contribution in [0.2, 0.25) is 0 Å². The molecule has 0 saturated carbocycles. The third-order valence-electron chi connectivity index (χ3n) is 2.18. The van der Waals surface area contributed by atoms with Crippen LogP contribution in [0, 0.1) is 0 Å². The van der Waals surface area contributed by atoms with Gasteiger partial charge in [-0.15, -0.1) is 0 Å². The van der Waals surface area contributed by atoms with Crippen LogP contribution in [0.3, 0.4) is 0 Å². The highest BCUT2D eigenvalue weighted by Crippen LogP contribution is 2.19. The number of nitrogens with zero attached hydrogens (tertiary/aromatic N) is 1. The normalized spacial score (nSPS) is 10.2. The molecule has 0 saturated heterocycles. The van der Waals surface area contributed by atoms with Crippen molar-refractivity contribution in [1.29, 1.82) is 0 Å². The zero-order chi connectivity index (χ0) is 12.1. The van der Waals surface area contributed by atoms with Gasteiger partial charge in [0.05, 0.1) is 12.3 Å². The highest BCUT2D eigenvalue weighted by Gasteiger charge is 2.02. The molecular formula is C12H15N3O2. The topological polar surface area (TPSA) is 73.3 Å². The van der Waals surface area contributed by atoms with Crippen molar-refractivity contribution in [3.8, 4) is 5.75 Å². The minimum atomic E-state index is 0.370. The molecular weight excluding hydrogens is 218 g/mol. The lowest BCUT2D eigenvalue weighted by atomic mass is 10.3. The molecule has 1 heterocycles. The number of benzene rings is 1. The van der Waals surface area contributed by atoms with Gasteiger partial charge in [0.25, 0.3) is 6.01 Å². The average Bonchev–Trinajstić information content (AvgIpc) is 2.80. The summed E-state index contributed by atoms with van der Waals surface area (Å²) in [5.41, 5.74) is 7.05. The maximum atomic E-state index is 5.44.